The Bertz CT molecular complexity index is 548. The van der Waals surface area contributed by atoms with Gasteiger partial charge in [0.25, 0.3) is 0 Å². The molecule has 1 saturated heterocycles. The Balaban J connectivity index is 2.12. The summed E-state index contributed by atoms with van der Waals surface area (Å²) in [6, 6.07) is 5.71. The van der Waals surface area contributed by atoms with Crippen molar-refractivity contribution in [1.82, 2.24) is 10.2 Å². The predicted molar refractivity (Wildman–Crippen MR) is 61.0 cm³/mol. The van der Waals surface area contributed by atoms with Crippen molar-refractivity contribution in [2.24, 2.45) is 5.73 Å². The summed E-state index contributed by atoms with van der Waals surface area (Å²) < 4.78 is 0. The van der Waals surface area contributed by atoms with Gasteiger partial charge < -0.3 is 10.6 Å². The van der Waals surface area contributed by atoms with Gasteiger partial charge in [-0.15, -0.1) is 0 Å². The molecular formula is C11H12N4O. The summed E-state index contributed by atoms with van der Waals surface area (Å²) in [7, 11) is 0. The molecule has 82 valence electrons. The fourth-order valence-corrected chi connectivity index (χ4v) is 2.16. The fourth-order valence-electron chi connectivity index (χ4n) is 2.16. The first-order chi connectivity index (χ1) is 7.75. The molecule has 0 radical (unpaired) electrons. The minimum atomic E-state index is -0.0605. The second-order valence-corrected chi connectivity index (χ2v) is 4.08. The normalized spacial score (nSPS) is 20.9. The number of nitrogens with two attached hydrogens (primary N) is 1. The summed E-state index contributed by atoms with van der Waals surface area (Å²) in [5.74, 6) is 0.0844. The second-order valence-electron chi connectivity index (χ2n) is 4.08. The average Bonchev–Trinajstić information content (AvgIpc) is 2.84. The number of rotatable bonds is 1. The smallest absolute Gasteiger partial charge is 0.228 e. The van der Waals surface area contributed by atoms with Crippen molar-refractivity contribution in [3.63, 3.8) is 0 Å². The van der Waals surface area contributed by atoms with E-state index in [0.29, 0.717) is 13.0 Å². The van der Waals surface area contributed by atoms with Crippen LogP contribution in [0, 0.1) is 0 Å². The summed E-state index contributed by atoms with van der Waals surface area (Å²) in [6.07, 6.45) is 2.16. The predicted octanol–water partition coefficient (Wildman–Crippen LogP) is 0.627. The number of aromatic nitrogens is 2. The number of nitrogens with zero attached hydrogens (tertiary/aromatic N) is 2. The monoisotopic (exact) mass is 216 g/mol. The van der Waals surface area contributed by atoms with E-state index in [9.17, 15) is 4.79 Å². The Morgan fingerprint density at radius 3 is 3.12 bits per heavy atom. The molecule has 3 N–H and O–H groups in total. The van der Waals surface area contributed by atoms with Crippen LogP contribution in [-0.4, -0.2) is 28.7 Å². The highest BCUT2D eigenvalue weighted by Crippen LogP contribution is 2.28. The zero-order valence-corrected chi connectivity index (χ0v) is 8.68. The molecule has 2 aromatic rings. The van der Waals surface area contributed by atoms with Crippen molar-refractivity contribution in [1.29, 1.82) is 0 Å². The Morgan fingerprint density at radius 1 is 1.50 bits per heavy atom. The minimum Gasteiger partial charge on any atom is -0.326 e. The number of aromatic amines is 1. The lowest BCUT2D eigenvalue weighted by molar-refractivity contribution is -0.117. The van der Waals surface area contributed by atoms with Crippen LogP contribution < -0.4 is 10.6 Å². The highest BCUT2D eigenvalue weighted by atomic mass is 16.2. The molecule has 1 aliphatic rings. The zero-order valence-electron chi connectivity index (χ0n) is 8.68. The van der Waals surface area contributed by atoms with Gasteiger partial charge >= 0.3 is 0 Å². The van der Waals surface area contributed by atoms with Gasteiger partial charge in [0, 0.05) is 24.4 Å². The summed E-state index contributed by atoms with van der Waals surface area (Å²) in [5.41, 5.74) is 7.62. The number of carbonyl (C=O) groups excluding carboxylic acids is 1. The van der Waals surface area contributed by atoms with Crippen molar-refractivity contribution < 1.29 is 4.79 Å². The molecule has 1 aromatic heterocycles. The standard InChI is InChI=1S/C11H12N4O/c12-7-4-11(16)15(6-7)10-3-1-2-9-8(10)5-13-14-9/h1-3,5,7H,4,6,12H2,(H,13,14). The number of amides is 1. The van der Waals surface area contributed by atoms with E-state index >= 15 is 0 Å². The van der Waals surface area contributed by atoms with Gasteiger partial charge in [0.05, 0.1) is 17.4 Å². The zero-order chi connectivity index (χ0) is 11.1. The largest absolute Gasteiger partial charge is 0.326 e. The first kappa shape index (κ1) is 9.35. The highest BCUT2D eigenvalue weighted by molar-refractivity contribution is 6.04. The third-order valence-electron chi connectivity index (χ3n) is 2.91. The van der Waals surface area contributed by atoms with E-state index in [0.717, 1.165) is 16.6 Å². The molecule has 0 spiro atoms. The molecule has 1 aliphatic heterocycles. The minimum absolute atomic E-state index is 0.0605. The Kier molecular flexibility index (Phi) is 1.94. The molecule has 1 unspecified atom stereocenters. The van der Waals surface area contributed by atoms with Crippen LogP contribution in [0.2, 0.25) is 0 Å². The first-order valence-electron chi connectivity index (χ1n) is 5.24. The van der Waals surface area contributed by atoms with Crippen molar-refractivity contribution in [3.05, 3.63) is 24.4 Å². The van der Waals surface area contributed by atoms with Crippen LogP contribution >= 0.6 is 0 Å². The number of H-pyrrole nitrogens is 1. The number of benzene rings is 1. The van der Waals surface area contributed by atoms with Crippen LogP contribution in [0.4, 0.5) is 5.69 Å². The molecule has 5 heteroatoms. The van der Waals surface area contributed by atoms with Gasteiger partial charge in [0.15, 0.2) is 0 Å². The fraction of sp³-hybridized carbons (Fsp3) is 0.273. The summed E-state index contributed by atoms with van der Waals surface area (Å²) in [5, 5.41) is 7.84. The van der Waals surface area contributed by atoms with Gasteiger partial charge in [0.1, 0.15) is 0 Å². The van der Waals surface area contributed by atoms with Crippen molar-refractivity contribution in [2.45, 2.75) is 12.5 Å². The number of nitrogens with one attached hydrogen (secondary N) is 1. The van der Waals surface area contributed by atoms with E-state index in [1.54, 1.807) is 11.1 Å². The van der Waals surface area contributed by atoms with Gasteiger partial charge in [-0.25, -0.2) is 0 Å². The van der Waals surface area contributed by atoms with Gasteiger partial charge in [-0.1, -0.05) is 6.07 Å². The lowest BCUT2D eigenvalue weighted by Crippen LogP contribution is -2.28. The number of hydrogen-bond acceptors (Lipinski definition) is 3. The van der Waals surface area contributed by atoms with Crippen molar-refractivity contribution in [3.8, 4) is 0 Å². The van der Waals surface area contributed by atoms with Gasteiger partial charge in [-0.3, -0.25) is 9.89 Å². The third kappa shape index (κ3) is 1.29. The molecule has 5 nitrogen and oxygen atoms in total. The number of anilines is 1. The molecule has 0 saturated carbocycles. The lowest BCUT2D eigenvalue weighted by Gasteiger charge is -2.16. The molecule has 2 heterocycles. The molecule has 1 amide bonds. The summed E-state index contributed by atoms with van der Waals surface area (Å²) in [4.78, 5) is 13.5. The topological polar surface area (TPSA) is 75.0 Å². The van der Waals surface area contributed by atoms with Crippen molar-refractivity contribution >= 4 is 22.5 Å². The van der Waals surface area contributed by atoms with Gasteiger partial charge in [-0.2, -0.15) is 5.10 Å². The Labute approximate surface area is 92.2 Å². The summed E-state index contributed by atoms with van der Waals surface area (Å²) in [6.45, 7) is 0.586. The van der Waals surface area contributed by atoms with E-state index in [2.05, 4.69) is 10.2 Å². The Morgan fingerprint density at radius 2 is 2.38 bits per heavy atom. The highest BCUT2D eigenvalue weighted by Gasteiger charge is 2.29. The maximum atomic E-state index is 11.8. The van der Waals surface area contributed by atoms with Crippen LogP contribution in [0.1, 0.15) is 6.42 Å². The van der Waals surface area contributed by atoms with E-state index in [1.165, 1.54) is 0 Å². The molecule has 1 atom stereocenters. The second kappa shape index (κ2) is 3.31. The number of fused-ring (bicyclic) bond motifs is 1. The molecule has 1 aromatic carbocycles. The van der Waals surface area contributed by atoms with Gasteiger partial charge in [0.2, 0.25) is 5.91 Å². The SMILES string of the molecule is NC1CC(=O)N(c2cccc3[nH]ncc23)C1. The molecule has 1 fully saturated rings. The molecule has 0 bridgehead atoms. The van der Waals surface area contributed by atoms with Gasteiger partial charge in [-0.05, 0) is 12.1 Å². The summed E-state index contributed by atoms with van der Waals surface area (Å²) >= 11 is 0. The van der Waals surface area contributed by atoms with Crippen LogP contribution in [0.3, 0.4) is 0 Å². The third-order valence-corrected chi connectivity index (χ3v) is 2.91. The average molecular weight is 216 g/mol. The van der Waals surface area contributed by atoms with Crippen LogP contribution in [0.15, 0.2) is 24.4 Å². The quantitative estimate of drug-likeness (QED) is 0.734. The number of hydrogen-bond donors (Lipinski definition) is 2. The molecular weight excluding hydrogens is 204 g/mol. The van der Waals surface area contributed by atoms with Crippen LogP contribution in [0.5, 0.6) is 0 Å². The number of carbonyl (C=O) groups is 1. The molecule has 0 aliphatic carbocycles. The Hall–Kier alpha value is -1.88. The van der Waals surface area contributed by atoms with Crippen LogP contribution in [-0.2, 0) is 4.79 Å². The van der Waals surface area contributed by atoms with Crippen molar-refractivity contribution in [2.75, 3.05) is 11.4 Å². The molecule has 16 heavy (non-hydrogen) atoms. The van der Waals surface area contributed by atoms with E-state index in [4.69, 9.17) is 5.73 Å². The maximum Gasteiger partial charge on any atom is 0.228 e. The van der Waals surface area contributed by atoms with E-state index in [-0.39, 0.29) is 11.9 Å². The van der Waals surface area contributed by atoms with E-state index < -0.39 is 0 Å². The van der Waals surface area contributed by atoms with Crippen LogP contribution in [0.25, 0.3) is 10.9 Å². The first-order valence-corrected chi connectivity index (χ1v) is 5.24. The molecule has 3 rings (SSSR count). The van der Waals surface area contributed by atoms with E-state index in [1.807, 2.05) is 18.2 Å². The lowest BCUT2D eigenvalue weighted by atomic mass is 10.2. The maximum absolute atomic E-state index is 11.8.